The van der Waals surface area contributed by atoms with Gasteiger partial charge in [-0.2, -0.15) is 0 Å². The zero-order valence-corrected chi connectivity index (χ0v) is 7.72. The Labute approximate surface area is 73.6 Å². The van der Waals surface area contributed by atoms with Gasteiger partial charge >= 0.3 is 0 Å². The van der Waals surface area contributed by atoms with Crippen molar-refractivity contribution < 1.29 is 10.2 Å². The highest BCUT2D eigenvalue weighted by molar-refractivity contribution is 9.08. The minimum Gasteiger partial charge on any atom is -0.508 e. The second kappa shape index (κ2) is 3.13. The minimum absolute atomic E-state index is 0.138. The van der Waals surface area contributed by atoms with Gasteiger partial charge in [0.05, 0.1) is 0 Å². The van der Waals surface area contributed by atoms with Crippen molar-refractivity contribution in [3.05, 3.63) is 23.3 Å². The van der Waals surface area contributed by atoms with Crippen molar-refractivity contribution in [2.24, 2.45) is 0 Å². The molecular weight excluding hydrogens is 208 g/mol. The van der Waals surface area contributed by atoms with Gasteiger partial charge < -0.3 is 10.2 Å². The maximum absolute atomic E-state index is 9.23. The van der Waals surface area contributed by atoms with Crippen LogP contribution in [0.2, 0.25) is 0 Å². The molecule has 11 heavy (non-hydrogen) atoms. The molecule has 0 aliphatic heterocycles. The summed E-state index contributed by atoms with van der Waals surface area (Å²) in [4.78, 5) is 0. The molecule has 3 heteroatoms. The van der Waals surface area contributed by atoms with E-state index in [1.54, 1.807) is 19.1 Å². The van der Waals surface area contributed by atoms with E-state index < -0.39 is 0 Å². The molecule has 0 aliphatic carbocycles. The Balaban J connectivity index is 3.21. The fraction of sp³-hybridized carbons (Fsp3) is 0.250. The average Bonchev–Trinajstić information content (AvgIpc) is 1.99. The Hall–Kier alpha value is -0.700. The average molecular weight is 217 g/mol. The molecule has 0 radical (unpaired) electrons. The highest BCUT2D eigenvalue weighted by Gasteiger charge is 2.03. The summed E-state index contributed by atoms with van der Waals surface area (Å²) < 4.78 is 0. The van der Waals surface area contributed by atoms with E-state index in [0.29, 0.717) is 10.9 Å². The predicted octanol–water partition coefficient (Wildman–Crippen LogP) is 2.30. The lowest BCUT2D eigenvalue weighted by atomic mass is 10.1. The first-order chi connectivity index (χ1) is 5.15. The lowest BCUT2D eigenvalue weighted by molar-refractivity contribution is 0.442. The van der Waals surface area contributed by atoms with Crippen LogP contribution in [0.3, 0.4) is 0 Å². The van der Waals surface area contributed by atoms with E-state index in [1.165, 1.54) is 0 Å². The highest BCUT2D eigenvalue weighted by atomic mass is 79.9. The molecule has 0 fully saturated rings. The van der Waals surface area contributed by atoms with Gasteiger partial charge in [-0.3, -0.25) is 0 Å². The number of hydrogen-bond donors (Lipinski definition) is 2. The molecule has 1 aromatic rings. The van der Waals surface area contributed by atoms with E-state index >= 15 is 0 Å². The molecule has 0 saturated heterocycles. The Morgan fingerprint density at radius 1 is 1.27 bits per heavy atom. The van der Waals surface area contributed by atoms with Crippen molar-refractivity contribution >= 4 is 15.9 Å². The quantitative estimate of drug-likeness (QED) is 0.708. The molecule has 2 nitrogen and oxygen atoms in total. The van der Waals surface area contributed by atoms with Crippen LogP contribution in [0, 0.1) is 6.92 Å². The van der Waals surface area contributed by atoms with Gasteiger partial charge in [-0.15, -0.1) is 0 Å². The Morgan fingerprint density at radius 3 is 2.09 bits per heavy atom. The number of hydrogen-bond acceptors (Lipinski definition) is 2. The number of rotatable bonds is 1. The Kier molecular flexibility index (Phi) is 2.39. The lowest BCUT2D eigenvalue weighted by Crippen LogP contribution is -1.81. The number of phenols is 2. The van der Waals surface area contributed by atoms with Crippen LogP contribution >= 0.6 is 15.9 Å². The van der Waals surface area contributed by atoms with Gasteiger partial charge in [0.2, 0.25) is 0 Å². The fourth-order valence-electron chi connectivity index (χ4n) is 0.818. The molecule has 1 rings (SSSR count). The second-order valence-electron chi connectivity index (χ2n) is 2.39. The number of alkyl halides is 1. The molecule has 60 valence electrons. The first kappa shape index (κ1) is 8.40. The third-order valence-corrected chi connectivity index (χ3v) is 2.21. The van der Waals surface area contributed by atoms with Crippen LogP contribution < -0.4 is 0 Å². The fourth-order valence-corrected chi connectivity index (χ4v) is 1.14. The summed E-state index contributed by atoms with van der Waals surface area (Å²) in [5.74, 6) is 0.277. The van der Waals surface area contributed by atoms with Crippen molar-refractivity contribution in [3.63, 3.8) is 0 Å². The van der Waals surface area contributed by atoms with Gasteiger partial charge in [-0.1, -0.05) is 15.9 Å². The van der Waals surface area contributed by atoms with Crippen molar-refractivity contribution in [1.82, 2.24) is 0 Å². The molecule has 0 heterocycles. The van der Waals surface area contributed by atoms with Crippen LogP contribution in [0.1, 0.15) is 11.1 Å². The van der Waals surface area contributed by atoms with Crippen LogP contribution in [0.15, 0.2) is 12.1 Å². The van der Waals surface area contributed by atoms with Crippen LogP contribution in [-0.2, 0) is 5.33 Å². The van der Waals surface area contributed by atoms with Gasteiger partial charge in [-0.25, -0.2) is 0 Å². The van der Waals surface area contributed by atoms with Gasteiger partial charge in [0.1, 0.15) is 11.5 Å². The summed E-state index contributed by atoms with van der Waals surface area (Å²) in [7, 11) is 0. The molecule has 0 aromatic heterocycles. The third kappa shape index (κ3) is 1.66. The van der Waals surface area contributed by atoms with Crippen molar-refractivity contribution in [1.29, 1.82) is 0 Å². The highest BCUT2D eigenvalue weighted by Crippen LogP contribution is 2.28. The van der Waals surface area contributed by atoms with Crippen molar-refractivity contribution in [3.8, 4) is 11.5 Å². The molecule has 0 bridgehead atoms. The van der Waals surface area contributed by atoms with Crippen LogP contribution in [-0.4, -0.2) is 10.2 Å². The van der Waals surface area contributed by atoms with E-state index in [1.807, 2.05) is 0 Å². The lowest BCUT2D eigenvalue weighted by Gasteiger charge is -2.03. The summed E-state index contributed by atoms with van der Waals surface area (Å²) >= 11 is 3.23. The van der Waals surface area contributed by atoms with E-state index in [-0.39, 0.29) is 11.5 Å². The smallest absolute Gasteiger partial charge is 0.122 e. The molecule has 0 spiro atoms. The molecule has 0 atom stereocenters. The first-order valence-electron chi connectivity index (χ1n) is 3.22. The summed E-state index contributed by atoms with van der Waals surface area (Å²) in [6, 6.07) is 3.26. The normalized spacial score (nSPS) is 10.0. The standard InChI is InChI=1S/C8H9BrO2/c1-5-7(10)2-6(4-9)3-8(5)11/h2-3,10-11H,4H2,1H3. The van der Waals surface area contributed by atoms with Crippen molar-refractivity contribution in [2.75, 3.05) is 0 Å². The van der Waals surface area contributed by atoms with Gasteiger partial charge in [0.25, 0.3) is 0 Å². The number of aromatic hydroxyl groups is 2. The molecular formula is C8H9BrO2. The largest absolute Gasteiger partial charge is 0.508 e. The third-order valence-electron chi connectivity index (χ3n) is 1.57. The SMILES string of the molecule is Cc1c(O)cc(CBr)cc1O. The van der Waals surface area contributed by atoms with Crippen LogP contribution in [0.25, 0.3) is 0 Å². The number of benzene rings is 1. The molecule has 2 N–H and O–H groups in total. The van der Waals surface area contributed by atoms with Crippen LogP contribution in [0.5, 0.6) is 11.5 Å². The molecule has 0 unspecified atom stereocenters. The van der Waals surface area contributed by atoms with Gasteiger partial charge in [-0.05, 0) is 24.6 Å². The van der Waals surface area contributed by atoms with Crippen LogP contribution in [0.4, 0.5) is 0 Å². The van der Waals surface area contributed by atoms with E-state index in [2.05, 4.69) is 15.9 Å². The van der Waals surface area contributed by atoms with Crippen molar-refractivity contribution in [2.45, 2.75) is 12.3 Å². The first-order valence-corrected chi connectivity index (χ1v) is 4.34. The number of phenolic OH excluding ortho intramolecular Hbond substituents is 2. The Morgan fingerprint density at radius 2 is 1.73 bits per heavy atom. The Bertz CT molecular complexity index is 248. The second-order valence-corrected chi connectivity index (χ2v) is 2.95. The number of halogens is 1. The maximum atomic E-state index is 9.23. The van der Waals surface area contributed by atoms with E-state index in [0.717, 1.165) is 5.56 Å². The van der Waals surface area contributed by atoms with Gasteiger partial charge in [0, 0.05) is 10.9 Å². The summed E-state index contributed by atoms with van der Waals surface area (Å²) in [5.41, 5.74) is 1.39. The topological polar surface area (TPSA) is 40.5 Å². The van der Waals surface area contributed by atoms with E-state index in [9.17, 15) is 10.2 Å². The summed E-state index contributed by atoms with van der Waals surface area (Å²) in [5, 5.41) is 19.1. The predicted molar refractivity (Wildman–Crippen MR) is 47.1 cm³/mol. The molecule has 0 aliphatic rings. The van der Waals surface area contributed by atoms with E-state index in [4.69, 9.17) is 0 Å². The molecule has 0 saturated carbocycles. The maximum Gasteiger partial charge on any atom is 0.122 e. The van der Waals surface area contributed by atoms with Gasteiger partial charge in [0.15, 0.2) is 0 Å². The summed E-state index contributed by atoms with van der Waals surface area (Å²) in [6.45, 7) is 1.67. The zero-order chi connectivity index (χ0) is 8.43. The summed E-state index contributed by atoms with van der Waals surface area (Å²) in [6.07, 6.45) is 0. The molecule has 0 amide bonds. The molecule has 1 aromatic carbocycles. The monoisotopic (exact) mass is 216 g/mol. The zero-order valence-electron chi connectivity index (χ0n) is 6.13. The minimum atomic E-state index is 0.138.